The number of nitrogens with zero attached hydrogens (tertiary/aromatic N) is 1. The van der Waals surface area contributed by atoms with E-state index in [1.54, 1.807) is 6.07 Å². The lowest BCUT2D eigenvalue weighted by Crippen LogP contribution is -2.37. The number of aromatic carboxylic acids is 1. The van der Waals surface area contributed by atoms with Crippen molar-refractivity contribution < 1.29 is 40.6 Å². The molecule has 0 radical (unpaired) electrons. The molecule has 1 atom stereocenters. The number of alkyl halides is 3. The van der Waals surface area contributed by atoms with Crippen molar-refractivity contribution in [3.63, 3.8) is 0 Å². The summed E-state index contributed by atoms with van der Waals surface area (Å²) in [6.45, 7) is 2.29. The van der Waals surface area contributed by atoms with Gasteiger partial charge in [0.1, 0.15) is 17.1 Å². The van der Waals surface area contributed by atoms with E-state index in [0.29, 0.717) is 13.0 Å². The molecule has 0 aliphatic carbocycles. The van der Waals surface area contributed by atoms with Crippen molar-refractivity contribution in [1.29, 1.82) is 0 Å². The van der Waals surface area contributed by atoms with Crippen molar-refractivity contribution >= 4 is 27.4 Å². The zero-order chi connectivity index (χ0) is 33.6. The first-order chi connectivity index (χ1) is 21.7. The molecular formula is C34H32ClF4NO5S. The summed E-state index contributed by atoms with van der Waals surface area (Å²) in [6.07, 6.45) is -3.57. The summed E-state index contributed by atoms with van der Waals surface area (Å²) < 4.78 is 85.8. The van der Waals surface area contributed by atoms with Crippen molar-refractivity contribution in [2.24, 2.45) is 0 Å². The monoisotopic (exact) mass is 677 g/mol. The summed E-state index contributed by atoms with van der Waals surface area (Å²) in [6, 6.07) is 24.6. The minimum Gasteiger partial charge on any atom is -0.493 e. The topological polar surface area (TPSA) is 83.9 Å². The molecule has 4 aromatic carbocycles. The molecule has 12 heteroatoms. The highest BCUT2D eigenvalue weighted by Gasteiger charge is 2.34. The standard InChI is InChI=1S/C34H32ClF4NO5S/c1-22(16-17-45-26-18-29(36)31(33(41)42)30(19-26)46(2,43)44)40(20-25-14-9-15-28(32(25)35)34(37,38)39)21-27(23-10-5-3-6-11-23)24-12-7-4-8-13-24/h3-15,18-19,22,27H,16-17,20-21H2,1-2H3,(H,41,42)/t22-/m1/s1. The van der Waals surface area contributed by atoms with E-state index in [1.165, 1.54) is 6.07 Å². The molecule has 6 nitrogen and oxygen atoms in total. The first kappa shape index (κ1) is 34.9. The average Bonchev–Trinajstić information content (AvgIpc) is 2.99. The van der Waals surface area contributed by atoms with Crippen LogP contribution in [-0.2, 0) is 22.6 Å². The van der Waals surface area contributed by atoms with E-state index in [0.717, 1.165) is 35.6 Å². The number of ether oxygens (including phenoxy) is 1. The van der Waals surface area contributed by atoms with Gasteiger partial charge in [0, 0.05) is 37.4 Å². The minimum atomic E-state index is -4.63. The number of benzene rings is 4. The highest BCUT2D eigenvalue weighted by molar-refractivity contribution is 7.90. The van der Waals surface area contributed by atoms with Gasteiger partial charge in [-0.3, -0.25) is 4.90 Å². The van der Waals surface area contributed by atoms with Gasteiger partial charge in [0.2, 0.25) is 0 Å². The average molecular weight is 678 g/mol. The third-order valence-corrected chi connectivity index (χ3v) is 9.21. The summed E-state index contributed by atoms with van der Waals surface area (Å²) in [5.74, 6) is -3.32. The lowest BCUT2D eigenvalue weighted by atomic mass is 9.90. The molecule has 1 N–H and O–H groups in total. The van der Waals surface area contributed by atoms with Gasteiger partial charge in [0.25, 0.3) is 0 Å². The van der Waals surface area contributed by atoms with E-state index in [1.807, 2.05) is 72.5 Å². The van der Waals surface area contributed by atoms with Crippen molar-refractivity contribution in [2.75, 3.05) is 19.4 Å². The lowest BCUT2D eigenvalue weighted by Gasteiger charge is -2.34. The van der Waals surface area contributed by atoms with Gasteiger partial charge in [0.15, 0.2) is 9.84 Å². The van der Waals surface area contributed by atoms with E-state index in [-0.39, 0.29) is 41.4 Å². The van der Waals surface area contributed by atoms with E-state index in [4.69, 9.17) is 16.3 Å². The number of carbonyl (C=O) groups is 1. The van der Waals surface area contributed by atoms with E-state index >= 15 is 0 Å². The fourth-order valence-corrected chi connectivity index (χ4v) is 6.40. The van der Waals surface area contributed by atoms with Crippen LogP contribution in [0.25, 0.3) is 0 Å². The van der Waals surface area contributed by atoms with E-state index < -0.39 is 43.8 Å². The molecule has 0 amide bonds. The molecule has 0 aliphatic rings. The summed E-state index contributed by atoms with van der Waals surface area (Å²) in [5.41, 5.74) is 0.381. The molecule has 0 aromatic heterocycles. The zero-order valence-electron chi connectivity index (χ0n) is 25.0. The third-order valence-electron chi connectivity index (χ3n) is 7.65. The molecule has 0 fully saturated rings. The molecule has 0 unspecified atom stereocenters. The summed E-state index contributed by atoms with van der Waals surface area (Å²) in [4.78, 5) is 12.8. The van der Waals surface area contributed by atoms with Gasteiger partial charge in [-0.05, 0) is 42.2 Å². The van der Waals surface area contributed by atoms with Crippen LogP contribution in [-0.4, -0.2) is 49.8 Å². The first-order valence-electron chi connectivity index (χ1n) is 14.2. The van der Waals surface area contributed by atoms with Crippen LogP contribution in [0.1, 0.15) is 51.9 Å². The van der Waals surface area contributed by atoms with Gasteiger partial charge in [-0.25, -0.2) is 17.6 Å². The predicted molar refractivity (Wildman–Crippen MR) is 168 cm³/mol. The SMILES string of the molecule is C[C@H](CCOc1cc(F)c(C(=O)O)c(S(C)(=O)=O)c1)N(Cc1cccc(C(F)(F)F)c1Cl)CC(c1ccccc1)c1ccccc1. The number of sulfone groups is 1. The number of hydrogen-bond acceptors (Lipinski definition) is 5. The van der Waals surface area contributed by atoms with Gasteiger partial charge >= 0.3 is 12.1 Å². The molecule has 244 valence electrons. The molecule has 0 saturated heterocycles. The number of carboxylic acid groups (broad SMARTS) is 1. The molecule has 4 rings (SSSR count). The second-order valence-electron chi connectivity index (χ2n) is 10.9. The number of halogens is 5. The summed E-state index contributed by atoms with van der Waals surface area (Å²) in [5, 5.41) is 8.94. The molecule has 0 saturated carbocycles. The Morgan fingerprint density at radius 3 is 2.07 bits per heavy atom. The number of rotatable bonds is 13. The fraction of sp³-hybridized carbons (Fsp3) is 0.265. The van der Waals surface area contributed by atoms with Crippen LogP contribution in [0.4, 0.5) is 17.6 Å². The molecular weight excluding hydrogens is 646 g/mol. The zero-order valence-corrected chi connectivity index (χ0v) is 26.5. The Morgan fingerprint density at radius 2 is 1.54 bits per heavy atom. The molecule has 0 aliphatic heterocycles. The Balaban J connectivity index is 1.64. The Morgan fingerprint density at radius 1 is 0.957 bits per heavy atom. The van der Waals surface area contributed by atoms with Crippen molar-refractivity contribution in [2.45, 2.75) is 42.9 Å². The normalized spacial score (nSPS) is 12.8. The van der Waals surface area contributed by atoms with Gasteiger partial charge in [-0.1, -0.05) is 84.4 Å². The smallest absolute Gasteiger partial charge is 0.417 e. The Bertz CT molecular complexity index is 1730. The molecule has 0 spiro atoms. The molecule has 46 heavy (non-hydrogen) atoms. The molecule has 0 bridgehead atoms. The van der Waals surface area contributed by atoms with Crippen molar-refractivity contribution in [3.05, 3.63) is 130 Å². The van der Waals surface area contributed by atoms with Crippen molar-refractivity contribution in [3.8, 4) is 5.75 Å². The fourth-order valence-electron chi connectivity index (χ4n) is 5.22. The quantitative estimate of drug-likeness (QED) is 0.144. The third kappa shape index (κ3) is 8.65. The maximum Gasteiger partial charge on any atom is 0.417 e. The van der Waals surface area contributed by atoms with Gasteiger partial charge in [-0.2, -0.15) is 13.2 Å². The van der Waals surface area contributed by atoms with E-state index in [9.17, 15) is 35.9 Å². The van der Waals surface area contributed by atoms with Crippen LogP contribution < -0.4 is 4.74 Å². The predicted octanol–water partition coefficient (Wildman–Crippen LogP) is 8.09. The minimum absolute atomic E-state index is 0.0373. The molecule has 4 aromatic rings. The maximum absolute atomic E-state index is 14.6. The Labute approximate surface area is 270 Å². The summed E-state index contributed by atoms with van der Waals surface area (Å²) >= 11 is 6.30. The van der Waals surface area contributed by atoms with Crippen LogP contribution in [0.2, 0.25) is 5.02 Å². The van der Waals surface area contributed by atoms with Crippen LogP contribution in [0, 0.1) is 5.82 Å². The Hall–Kier alpha value is -3.93. The van der Waals surface area contributed by atoms with Crippen LogP contribution in [0.5, 0.6) is 5.75 Å². The number of carboxylic acids is 1. The highest BCUT2D eigenvalue weighted by atomic mass is 35.5. The van der Waals surface area contributed by atoms with Crippen LogP contribution >= 0.6 is 11.6 Å². The van der Waals surface area contributed by atoms with Crippen molar-refractivity contribution in [1.82, 2.24) is 4.90 Å². The van der Waals surface area contributed by atoms with E-state index in [2.05, 4.69) is 0 Å². The second-order valence-corrected chi connectivity index (χ2v) is 13.3. The molecule has 0 heterocycles. The summed E-state index contributed by atoms with van der Waals surface area (Å²) in [7, 11) is -4.10. The second kappa shape index (κ2) is 14.7. The van der Waals surface area contributed by atoms with Gasteiger partial charge < -0.3 is 9.84 Å². The van der Waals surface area contributed by atoms with Gasteiger partial charge in [-0.15, -0.1) is 0 Å². The lowest BCUT2D eigenvalue weighted by molar-refractivity contribution is -0.137. The Kier molecular flexibility index (Phi) is 11.1. The van der Waals surface area contributed by atoms with Crippen LogP contribution in [0.15, 0.2) is 95.9 Å². The first-order valence-corrected chi connectivity index (χ1v) is 16.5. The largest absolute Gasteiger partial charge is 0.493 e. The van der Waals surface area contributed by atoms with Crippen LogP contribution in [0.3, 0.4) is 0 Å². The maximum atomic E-state index is 14.6. The highest BCUT2D eigenvalue weighted by Crippen LogP contribution is 2.37. The van der Waals surface area contributed by atoms with Gasteiger partial charge in [0.05, 0.1) is 22.1 Å². The number of hydrogen-bond donors (Lipinski definition) is 1.